The second-order valence-electron chi connectivity index (χ2n) is 4.88. The number of hydrogen-bond donors (Lipinski definition) is 2. The van der Waals surface area contributed by atoms with Crippen LogP contribution in [-0.2, 0) is 11.2 Å². The second kappa shape index (κ2) is 9.77. The van der Waals surface area contributed by atoms with E-state index in [0.717, 1.165) is 25.1 Å². The minimum atomic E-state index is -0.0268. The lowest BCUT2D eigenvalue weighted by Gasteiger charge is -2.20. The van der Waals surface area contributed by atoms with Crippen LogP contribution >= 0.6 is 24.0 Å². The number of carbonyl (C=O) groups is 1. The van der Waals surface area contributed by atoms with Gasteiger partial charge in [0, 0.05) is 13.1 Å². The van der Waals surface area contributed by atoms with Crippen LogP contribution in [0.1, 0.15) is 18.9 Å². The lowest BCUT2D eigenvalue weighted by Crippen LogP contribution is -2.33. The molecule has 1 amide bonds. The van der Waals surface area contributed by atoms with Gasteiger partial charge in [0.1, 0.15) is 13.2 Å². The zero-order chi connectivity index (χ0) is 15.1. The molecular weight excluding hydrogens is 327 g/mol. The topological polar surface area (TPSA) is 59.6 Å². The van der Waals surface area contributed by atoms with E-state index in [0.29, 0.717) is 36.3 Å². The van der Waals surface area contributed by atoms with Crippen molar-refractivity contribution in [1.82, 2.24) is 10.6 Å². The average Bonchev–Trinajstić information content (AvgIpc) is 2.47. The number of rotatable bonds is 7. The molecule has 22 heavy (non-hydrogen) atoms. The quantitative estimate of drug-likeness (QED) is 0.741. The summed E-state index contributed by atoms with van der Waals surface area (Å²) < 4.78 is 11.0. The van der Waals surface area contributed by atoms with E-state index in [-0.39, 0.29) is 24.7 Å². The van der Waals surface area contributed by atoms with Gasteiger partial charge in [0.05, 0.1) is 11.4 Å². The highest BCUT2D eigenvalue weighted by molar-refractivity contribution is 6.32. The molecule has 1 aliphatic rings. The minimum absolute atomic E-state index is 0. The molecule has 2 rings (SSSR count). The lowest BCUT2D eigenvalue weighted by molar-refractivity contribution is -0.120. The van der Waals surface area contributed by atoms with Crippen LogP contribution in [0.4, 0.5) is 0 Å². The first kappa shape index (κ1) is 18.9. The molecule has 2 N–H and O–H groups in total. The maximum atomic E-state index is 11.9. The van der Waals surface area contributed by atoms with E-state index in [1.807, 2.05) is 6.07 Å². The molecule has 1 aliphatic heterocycles. The van der Waals surface area contributed by atoms with Crippen molar-refractivity contribution in [1.29, 1.82) is 0 Å². The van der Waals surface area contributed by atoms with E-state index in [2.05, 4.69) is 17.6 Å². The van der Waals surface area contributed by atoms with Crippen molar-refractivity contribution in [2.24, 2.45) is 0 Å². The van der Waals surface area contributed by atoms with Crippen molar-refractivity contribution in [3.05, 3.63) is 22.7 Å². The van der Waals surface area contributed by atoms with Crippen LogP contribution in [0.3, 0.4) is 0 Å². The van der Waals surface area contributed by atoms with Gasteiger partial charge in [-0.3, -0.25) is 4.79 Å². The van der Waals surface area contributed by atoms with Gasteiger partial charge in [-0.25, -0.2) is 0 Å². The third kappa shape index (κ3) is 5.55. The highest BCUT2D eigenvalue weighted by atomic mass is 35.5. The van der Waals surface area contributed by atoms with Crippen LogP contribution in [0.15, 0.2) is 12.1 Å². The first-order valence-corrected chi connectivity index (χ1v) is 7.64. The van der Waals surface area contributed by atoms with Crippen molar-refractivity contribution < 1.29 is 14.3 Å². The molecule has 124 valence electrons. The number of amides is 1. The van der Waals surface area contributed by atoms with E-state index < -0.39 is 0 Å². The SMILES string of the molecule is CCCNCCNC(=O)Cc1cc(Cl)c2c(c1)OCCO2.Cl. The summed E-state index contributed by atoms with van der Waals surface area (Å²) in [6, 6.07) is 3.57. The van der Waals surface area contributed by atoms with Gasteiger partial charge in [-0.05, 0) is 30.7 Å². The number of hydrogen-bond acceptors (Lipinski definition) is 4. The Morgan fingerprint density at radius 2 is 2.00 bits per heavy atom. The van der Waals surface area contributed by atoms with Gasteiger partial charge in [0.15, 0.2) is 11.5 Å². The van der Waals surface area contributed by atoms with Gasteiger partial charge in [0.2, 0.25) is 5.91 Å². The Morgan fingerprint density at radius 1 is 1.23 bits per heavy atom. The third-order valence-electron chi connectivity index (χ3n) is 3.07. The Morgan fingerprint density at radius 3 is 2.77 bits per heavy atom. The third-order valence-corrected chi connectivity index (χ3v) is 3.35. The monoisotopic (exact) mass is 348 g/mol. The predicted octanol–water partition coefficient (Wildman–Crippen LogP) is 2.19. The fourth-order valence-corrected chi connectivity index (χ4v) is 2.39. The van der Waals surface area contributed by atoms with E-state index in [1.54, 1.807) is 6.07 Å². The normalized spacial score (nSPS) is 12.5. The van der Waals surface area contributed by atoms with Crippen LogP contribution in [0.2, 0.25) is 5.02 Å². The highest BCUT2D eigenvalue weighted by Gasteiger charge is 2.17. The molecule has 0 atom stereocenters. The maximum Gasteiger partial charge on any atom is 0.224 e. The van der Waals surface area contributed by atoms with Crippen molar-refractivity contribution in [3.63, 3.8) is 0 Å². The number of benzene rings is 1. The summed E-state index contributed by atoms with van der Waals surface area (Å²) in [7, 11) is 0. The summed E-state index contributed by atoms with van der Waals surface area (Å²) in [6.07, 6.45) is 1.37. The molecule has 7 heteroatoms. The second-order valence-corrected chi connectivity index (χ2v) is 5.29. The Labute approximate surface area is 142 Å². The van der Waals surface area contributed by atoms with Gasteiger partial charge in [-0.2, -0.15) is 0 Å². The smallest absolute Gasteiger partial charge is 0.224 e. The molecule has 0 bridgehead atoms. The zero-order valence-corrected chi connectivity index (χ0v) is 14.2. The van der Waals surface area contributed by atoms with Crippen molar-refractivity contribution >= 4 is 29.9 Å². The average molecular weight is 349 g/mol. The molecule has 0 aliphatic carbocycles. The first-order chi connectivity index (χ1) is 10.2. The minimum Gasteiger partial charge on any atom is -0.486 e. The van der Waals surface area contributed by atoms with Crippen LogP contribution in [0.25, 0.3) is 0 Å². The zero-order valence-electron chi connectivity index (χ0n) is 12.6. The number of halogens is 2. The van der Waals surface area contributed by atoms with Gasteiger partial charge in [-0.15, -0.1) is 12.4 Å². The number of fused-ring (bicyclic) bond motifs is 1. The molecule has 5 nitrogen and oxygen atoms in total. The summed E-state index contributed by atoms with van der Waals surface area (Å²) in [4.78, 5) is 11.9. The number of carbonyl (C=O) groups excluding carboxylic acids is 1. The van der Waals surface area contributed by atoms with Crippen LogP contribution in [0.5, 0.6) is 11.5 Å². The van der Waals surface area contributed by atoms with Gasteiger partial charge in [-0.1, -0.05) is 18.5 Å². The summed E-state index contributed by atoms with van der Waals surface area (Å²) in [6.45, 7) is 5.48. The van der Waals surface area contributed by atoms with E-state index in [9.17, 15) is 4.79 Å². The van der Waals surface area contributed by atoms with Crippen LogP contribution in [0, 0.1) is 0 Å². The molecule has 1 aromatic carbocycles. The Bertz CT molecular complexity index is 498. The summed E-state index contributed by atoms with van der Waals surface area (Å²) in [5, 5.41) is 6.59. The fraction of sp³-hybridized carbons (Fsp3) is 0.533. The predicted molar refractivity (Wildman–Crippen MR) is 89.6 cm³/mol. The van der Waals surface area contributed by atoms with Crippen LogP contribution < -0.4 is 20.1 Å². The summed E-state index contributed by atoms with van der Waals surface area (Å²) >= 11 is 6.15. The van der Waals surface area contributed by atoms with E-state index in [4.69, 9.17) is 21.1 Å². The summed E-state index contributed by atoms with van der Waals surface area (Å²) in [5.74, 6) is 1.15. The molecule has 0 aromatic heterocycles. The Balaban J connectivity index is 0.00000242. The van der Waals surface area contributed by atoms with Crippen molar-refractivity contribution in [3.8, 4) is 11.5 Å². The van der Waals surface area contributed by atoms with Gasteiger partial charge >= 0.3 is 0 Å². The largest absolute Gasteiger partial charge is 0.486 e. The van der Waals surface area contributed by atoms with Gasteiger partial charge in [0.25, 0.3) is 0 Å². The molecule has 0 fully saturated rings. The Hall–Kier alpha value is -1.17. The highest BCUT2D eigenvalue weighted by Crippen LogP contribution is 2.38. The number of ether oxygens (including phenoxy) is 2. The van der Waals surface area contributed by atoms with Crippen LogP contribution in [-0.4, -0.2) is 38.8 Å². The van der Waals surface area contributed by atoms with Gasteiger partial charge < -0.3 is 20.1 Å². The van der Waals surface area contributed by atoms with E-state index >= 15 is 0 Å². The maximum absolute atomic E-state index is 11.9. The summed E-state index contributed by atoms with van der Waals surface area (Å²) in [5.41, 5.74) is 0.822. The molecular formula is C15H22Cl2N2O3. The molecule has 0 unspecified atom stereocenters. The molecule has 1 aromatic rings. The molecule has 0 spiro atoms. The standard InChI is InChI=1S/C15H21ClN2O3.ClH/c1-2-3-17-4-5-18-14(19)10-11-8-12(16)15-13(9-11)20-6-7-21-15;/h8-9,17H,2-7,10H2,1H3,(H,18,19);1H. The first-order valence-electron chi connectivity index (χ1n) is 7.26. The molecule has 0 saturated heterocycles. The molecule has 0 saturated carbocycles. The number of nitrogens with one attached hydrogen (secondary N) is 2. The lowest BCUT2D eigenvalue weighted by atomic mass is 10.1. The Kier molecular flexibility index (Phi) is 8.38. The van der Waals surface area contributed by atoms with E-state index in [1.165, 1.54) is 0 Å². The molecule has 1 heterocycles. The van der Waals surface area contributed by atoms with Crippen molar-refractivity contribution in [2.75, 3.05) is 32.8 Å². The molecule has 0 radical (unpaired) electrons. The van der Waals surface area contributed by atoms with Crippen molar-refractivity contribution in [2.45, 2.75) is 19.8 Å². The fourth-order valence-electron chi connectivity index (χ4n) is 2.11.